The Bertz CT molecular complexity index is 551. The van der Waals surface area contributed by atoms with Gasteiger partial charge < -0.3 is 31.9 Å². The summed E-state index contributed by atoms with van der Waals surface area (Å²) in [6.07, 6.45) is 0.224. The van der Waals surface area contributed by atoms with Gasteiger partial charge >= 0.3 is 5.97 Å². The van der Waals surface area contributed by atoms with Crippen molar-refractivity contribution in [2.45, 2.75) is 50.3 Å². The van der Waals surface area contributed by atoms with E-state index < -0.39 is 36.0 Å². The number of aliphatic carboxylic acids is 1. The van der Waals surface area contributed by atoms with Crippen LogP contribution < -0.4 is 21.7 Å². The first kappa shape index (κ1) is 20.4. The van der Waals surface area contributed by atoms with Crippen LogP contribution in [-0.4, -0.2) is 64.5 Å². The van der Waals surface area contributed by atoms with E-state index in [0.29, 0.717) is 13.0 Å². The van der Waals surface area contributed by atoms with E-state index in [9.17, 15) is 24.0 Å². The molecule has 2 fully saturated rings. The molecule has 0 aliphatic carbocycles. The zero-order valence-electron chi connectivity index (χ0n) is 13.5. The molecule has 7 N–H and O–H groups in total. The molecule has 0 spiro atoms. The highest BCUT2D eigenvalue weighted by Gasteiger charge is 2.30. The first-order valence-electron chi connectivity index (χ1n) is 7.74. The fraction of sp³-hybridized carbons (Fsp3) is 0.643. The number of primary amides is 1. The Kier molecular flexibility index (Phi) is 7.79. The van der Waals surface area contributed by atoms with Gasteiger partial charge in [0.2, 0.25) is 23.6 Å². The summed E-state index contributed by atoms with van der Waals surface area (Å²) in [5.41, 5.74) is 4.91. The van der Waals surface area contributed by atoms with Gasteiger partial charge in [-0.3, -0.25) is 19.2 Å². The van der Waals surface area contributed by atoms with Crippen LogP contribution in [0.4, 0.5) is 0 Å². The number of β-amino-alcohol motifs (C(OH)–C–C–N with tert-alkyl or cyclic N) is 1. The number of nitrogens with one attached hydrogen (secondary N) is 3. The second-order valence-electron chi connectivity index (χ2n) is 5.73. The third-order valence-corrected chi connectivity index (χ3v) is 3.56. The van der Waals surface area contributed by atoms with Crippen LogP contribution >= 0.6 is 0 Å². The molecular formula is C14H22N4O7. The molecule has 3 atom stereocenters. The van der Waals surface area contributed by atoms with Crippen molar-refractivity contribution in [1.82, 2.24) is 16.0 Å². The maximum absolute atomic E-state index is 11.6. The van der Waals surface area contributed by atoms with Crippen molar-refractivity contribution in [3.63, 3.8) is 0 Å². The Morgan fingerprint density at radius 1 is 1.28 bits per heavy atom. The average Bonchev–Trinajstić information content (AvgIpc) is 3.11. The van der Waals surface area contributed by atoms with Crippen LogP contribution in [0.1, 0.15) is 32.1 Å². The molecule has 0 aromatic heterocycles. The lowest BCUT2D eigenvalue weighted by Crippen LogP contribution is -2.49. The molecule has 0 saturated carbocycles. The zero-order valence-corrected chi connectivity index (χ0v) is 13.5. The first-order chi connectivity index (χ1) is 11.7. The van der Waals surface area contributed by atoms with Crippen LogP contribution in [0.15, 0.2) is 0 Å². The largest absolute Gasteiger partial charge is 0.480 e. The Hall–Kier alpha value is -2.69. The zero-order chi connectivity index (χ0) is 19.0. The molecule has 4 amide bonds. The van der Waals surface area contributed by atoms with Crippen molar-refractivity contribution in [1.29, 1.82) is 0 Å². The number of carbonyl (C=O) groups is 5. The molecule has 0 aromatic rings. The van der Waals surface area contributed by atoms with E-state index in [2.05, 4.69) is 16.0 Å². The Morgan fingerprint density at radius 3 is 2.32 bits per heavy atom. The van der Waals surface area contributed by atoms with Gasteiger partial charge in [0.25, 0.3) is 0 Å². The number of hydrogen-bond acceptors (Lipinski definition) is 6. The lowest BCUT2D eigenvalue weighted by atomic mass is 10.1. The van der Waals surface area contributed by atoms with Crippen molar-refractivity contribution in [2.75, 3.05) is 6.54 Å². The van der Waals surface area contributed by atoms with Gasteiger partial charge in [-0.15, -0.1) is 0 Å². The molecule has 0 radical (unpaired) electrons. The number of carboxylic acid groups (broad SMARTS) is 1. The molecule has 140 valence electrons. The summed E-state index contributed by atoms with van der Waals surface area (Å²) in [5, 5.41) is 24.7. The van der Waals surface area contributed by atoms with E-state index >= 15 is 0 Å². The molecule has 2 saturated heterocycles. The van der Waals surface area contributed by atoms with Crippen LogP contribution in [-0.2, 0) is 24.0 Å². The van der Waals surface area contributed by atoms with E-state index in [0.717, 1.165) is 0 Å². The predicted molar refractivity (Wildman–Crippen MR) is 82.8 cm³/mol. The molecule has 2 aliphatic rings. The molecule has 11 heteroatoms. The predicted octanol–water partition coefficient (Wildman–Crippen LogP) is -3.03. The molecule has 25 heavy (non-hydrogen) atoms. The second kappa shape index (κ2) is 9.57. The number of amides is 4. The lowest BCUT2D eigenvalue weighted by molar-refractivity contribution is -0.142. The molecule has 2 rings (SSSR count). The number of carbonyl (C=O) groups excluding carboxylic acids is 4. The monoisotopic (exact) mass is 358 g/mol. The van der Waals surface area contributed by atoms with Gasteiger partial charge in [-0.1, -0.05) is 0 Å². The van der Waals surface area contributed by atoms with Gasteiger partial charge in [0.05, 0.1) is 12.5 Å². The summed E-state index contributed by atoms with van der Waals surface area (Å²) in [4.78, 5) is 54.2. The van der Waals surface area contributed by atoms with E-state index in [1.54, 1.807) is 0 Å². The molecule has 11 nitrogen and oxygen atoms in total. The third kappa shape index (κ3) is 7.61. The topological polar surface area (TPSA) is 188 Å². The van der Waals surface area contributed by atoms with Crippen LogP contribution in [0.3, 0.4) is 0 Å². The van der Waals surface area contributed by atoms with Gasteiger partial charge in [0.1, 0.15) is 12.1 Å². The first-order valence-corrected chi connectivity index (χ1v) is 7.74. The van der Waals surface area contributed by atoms with Crippen molar-refractivity contribution >= 4 is 29.6 Å². The highest BCUT2D eigenvalue weighted by atomic mass is 16.4. The quantitative estimate of drug-likeness (QED) is 0.291. The van der Waals surface area contributed by atoms with Crippen molar-refractivity contribution in [3.05, 3.63) is 0 Å². The van der Waals surface area contributed by atoms with E-state index in [1.807, 2.05) is 0 Å². The summed E-state index contributed by atoms with van der Waals surface area (Å²) in [5.74, 6) is -2.72. The Balaban J connectivity index is 0.000000370. The van der Waals surface area contributed by atoms with Crippen molar-refractivity contribution in [3.8, 4) is 0 Å². The molecule has 0 aromatic carbocycles. The van der Waals surface area contributed by atoms with Gasteiger partial charge in [0, 0.05) is 19.4 Å². The van der Waals surface area contributed by atoms with Crippen LogP contribution in [0.2, 0.25) is 0 Å². The Morgan fingerprint density at radius 2 is 1.96 bits per heavy atom. The third-order valence-electron chi connectivity index (χ3n) is 3.56. The minimum absolute atomic E-state index is 0.0486. The lowest BCUT2D eigenvalue weighted by Gasteiger charge is -2.16. The smallest absolute Gasteiger partial charge is 0.326 e. The summed E-state index contributed by atoms with van der Waals surface area (Å²) in [6, 6.07) is -1.88. The van der Waals surface area contributed by atoms with Crippen molar-refractivity contribution in [2.24, 2.45) is 5.73 Å². The summed E-state index contributed by atoms with van der Waals surface area (Å²) in [6.45, 7) is 0.429. The van der Waals surface area contributed by atoms with Gasteiger partial charge in [-0.25, -0.2) is 4.79 Å². The maximum atomic E-state index is 11.6. The van der Waals surface area contributed by atoms with Gasteiger partial charge in [-0.05, 0) is 12.8 Å². The molecule has 2 heterocycles. The number of carboxylic acids is 1. The molecule has 3 unspecified atom stereocenters. The number of aliphatic hydroxyl groups excluding tert-OH is 1. The van der Waals surface area contributed by atoms with Crippen LogP contribution in [0.25, 0.3) is 0 Å². The second-order valence-corrected chi connectivity index (χ2v) is 5.73. The molecular weight excluding hydrogens is 336 g/mol. The highest BCUT2D eigenvalue weighted by Crippen LogP contribution is 2.07. The normalized spacial score (nSPS) is 22.9. The Labute approximate surface area is 143 Å². The fourth-order valence-corrected chi connectivity index (χ4v) is 2.22. The number of aliphatic hydroxyl groups is 1. The van der Waals surface area contributed by atoms with Gasteiger partial charge in [-0.2, -0.15) is 0 Å². The highest BCUT2D eigenvalue weighted by molar-refractivity contribution is 5.92. The summed E-state index contributed by atoms with van der Waals surface area (Å²) in [7, 11) is 0. The van der Waals surface area contributed by atoms with Crippen molar-refractivity contribution < 1.29 is 34.2 Å². The summed E-state index contributed by atoms with van der Waals surface area (Å²) >= 11 is 0. The minimum Gasteiger partial charge on any atom is -0.480 e. The summed E-state index contributed by atoms with van der Waals surface area (Å²) < 4.78 is 0. The minimum atomic E-state index is -1.24. The molecule has 0 bridgehead atoms. The number of hydrogen-bond donors (Lipinski definition) is 6. The van der Waals surface area contributed by atoms with E-state index in [4.69, 9.17) is 15.9 Å². The SMILES string of the molecule is NC(=O)CCC(NC(=O)C1CCC(=O)N1)C(=O)O.O=C1CC(O)CN1. The number of rotatable bonds is 6. The average molecular weight is 358 g/mol. The van der Waals surface area contributed by atoms with E-state index in [-0.39, 0.29) is 37.5 Å². The van der Waals surface area contributed by atoms with Gasteiger partial charge in [0.15, 0.2) is 0 Å². The number of nitrogens with two attached hydrogens (primary N) is 1. The fourth-order valence-electron chi connectivity index (χ4n) is 2.22. The molecule has 2 aliphatic heterocycles. The standard InChI is InChI=1S/C10H15N3O5.C4H7NO2/c11-7(14)3-1-6(10(17)18)13-9(16)5-2-4-8(15)12-5;6-3-1-4(7)5-2-3/h5-6H,1-4H2,(H2,11,14)(H,12,15)(H,13,16)(H,17,18);3,6H,1-2H2,(H,5,7). The maximum Gasteiger partial charge on any atom is 0.326 e. The van der Waals surface area contributed by atoms with Crippen LogP contribution in [0.5, 0.6) is 0 Å². The van der Waals surface area contributed by atoms with E-state index in [1.165, 1.54) is 0 Å². The van der Waals surface area contributed by atoms with Crippen LogP contribution in [0, 0.1) is 0 Å².